The first-order chi connectivity index (χ1) is 10.1. The maximum Gasteiger partial charge on any atom is 0.271 e. The maximum atomic E-state index is 11.9. The topological polar surface area (TPSA) is 50.7 Å². The Morgan fingerprint density at radius 3 is 2.52 bits per heavy atom. The van der Waals surface area contributed by atoms with E-state index in [0.29, 0.717) is 26.9 Å². The number of hydrogen-bond donors (Lipinski definition) is 1. The van der Waals surface area contributed by atoms with Crippen LogP contribution in [0.4, 0.5) is 0 Å². The third kappa shape index (κ3) is 3.97. The molecule has 2 aromatic rings. The lowest BCUT2D eigenvalue weighted by molar-refractivity contribution is 0.0955. The zero-order valence-electron chi connectivity index (χ0n) is 11.1. The molecule has 0 aliphatic carbocycles. The van der Waals surface area contributed by atoms with E-state index in [4.69, 9.17) is 27.9 Å². The molecule has 21 heavy (non-hydrogen) atoms. The first-order valence-electron chi connectivity index (χ1n) is 6.03. The van der Waals surface area contributed by atoms with Gasteiger partial charge in [-0.2, -0.15) is 5.10 Å². The second kappa shape index (κ2) is 7.11. The number of ether oxygens (including phenoxy) is 1. The van der Waals surface area contributed by atoms with Gasteiger partial charge in [0.1, 0.15) is 5.75 Å². The molecular weight excluding hydrogens is 311 g/mol. The first-order valence-corrected chi connectivity index (χ1v) is 6.79. The van der Waals surface area contributed by atoms with E-state index in [1.807, 2.05) is 0 Å². The number of carbonyl (C=O) groups excluding carboxylic acids is 1. The Kier molecular flexibility index (Phi) is 5.20. The highest BCUT2D eigenvalue weighted by molar-refractivity contribution is 6.38. The van der Waals surface area contributed by atoms with Crippen LogP contribution in [0.15, 0.2) is 47.6 Å². The average Bonchev–Trinajstić information content (AvgIpc) is 2.50. The predicted octanol–water partition coefficient (Wildman–Crippen LogP) is 3.77. The van der Waals surface area contributed by atoms with Crippen LogP contribution in [0.5, 0.6) is 5.75 Å². The molecule has 1 N–H and O–H groups in total. The molecule has 0 bridgehead atoms. The zero-order valence-corrected chi connectivity index (χ0v) is 12.7. The highest BCUT2D eigenvalue weighted by Gasteiger charge is 2.06. The summed E-state index contributed by atoms with van der Waals surface area (Å²) in [4.78, 5) is 11.9. The molecule has 6 heteroatoms. The van der Waals surface area contributed by atoms with Gasteiger partial charge in [0.05, 0.1) is 23.4 Å². The molecule has 1 amide bonds. The molecule has 0 fully saturated rings. The van der Waals surface area contributed by atoms with Crippen molar-refractivity contribution in [2.45, 2.75) is 0 Å². The summed E-state index contributed by atoms with van der Waals surface area (Å²) in [6.45, 7) is 0. The normalized spacial score (nSPS) is 10.6. The lowest BCUT2D eigenvalue weighted by Gasteiger charge is -2.03. The summed E-state index contributed by atoms with van der Waals surface area (Å²) in [5.74, 6) is 0.245. The van der Waals surface area contributed by atoms with Gasteiger partial charge in [0.15, 0.2) is 0 Å². The van der Waals surface area contributed by atoms with E-state index < -0.39 is 0 Å². The number of methoxy groups -OCH3 is 1. The van der Waals surface area contributed by atoms with Crippen LogP contribution in [0.2, 0.25) is 10.0 Å². The fourth-order valence-corrected chi connectivity index (χ4v) is 2.11. The summed E-state index contributed by atoms with van der Waals surface area (Å²) in [5.41, 5.74) is 3.40. The van der Waals surface area contributed by atoms with Crippen LogP contribution in [-0.4, -0.2) is 19.2 Å². The van der Waals surface area contributed by atoms with Gasteiger partial charge in [-0.3, -0.25) is 4.79 Å². The molecule has 0 radical (unpaired) electrons. The van der Waals surface area contributed by atoms with Crippen molar-refractivity contribution in [3.05, 3.63) is 63.6 Å². The molecule has 0 atom stereocenters. The summed E-state index contributed by atoms with van der Waals surface area (Å²) < 4.78 is 5.06. The smallest absolute Gasteiger partial charge is 0.271 e. The number of nitrogens with one attached hydrogen (secondary N) is 1. The van der Waals surface area contributed by atoms with Crippen LogP contribution in [-0.2, 0) is 0 Å². The summed E-state index contributed by atoms with van der Waals surface area (Å²) in [5, 5.41) is 4.78. The first kappa shape index (κ1) is 15.4. The van der Waals surface area contributed by atoms with Crippen molar-refractivity contribution < 1.29 is 9.53 Å². The molecule has 0 saturated carbocycles. The standard InChI is InChI=1S/C15H12Cl2N2O2/c1-21-11-5-2-4-10(8-11)15(20)19-18-9-12-13(16)6-3-7-14(12)17/h2-9H,1H3,(H,19,20). The third-order valence-corrected chi connectivity index (χ3v) is 3.35. The minimum Gasteiger partial charge on any atom is -0.497 e. The fourth-order valence-electron chi connectivity index (χ4n) is 1.62. The number of carbonyl (C=O) groups is 1. The van der Waals surface area contributed by atoms with Crippen molar-refractivity contribution in [2.24, 2.45) is 5.10 Å². The molecular formula is C15H12Cl2N2O2. The van der Waals surface area contributed by atoms with E-state index >= 15 is 0 Å². The van der Waals surface area contributed by atoms with E-state index in [-0.39, 0.29) is 5.91 Å². The van der Waals surface area contributed by atoms with E-state index in [1.165, 1.54) is 13.3 Å². The number of benzene rings is 2. The summed E-state index contributed by atoms with van der Waals surface area (Å²) in [6.07, 6.45) is 1.41. The average molecular weight is 323 g/mol. The van der Waals surface area contributed by atoms with Crippen LogP contribution in [0.25, 0.3) is 0 Å². The van der Waals surface area contributed by atoms with Gasteiger partial charge in [-0.1, -0.05) is 35.3 Å². The summed E-state index contributed by atoms with van der Waals surface area (Å²) in [7, 11) is 1.54. The van der Waals surface area contributed by atoms with Gasteiger partial charge < -0.3 is 4.74 Å². The molecule has 0 aliphatic rings. The number of rotatable bonds is 4. The van der Waals surface area contributed by atoms with Gasteiger partial charge >= 0.3 is 0 Å². The third-order valence-electron chi connectivity index (χ3n) is 2.69. The zero-order chi connectivity index (χ0) is 15.2. The van der Waals surface area contributed by atoms with E-state index in [1.54, 1.807) is 42.5 Å². The van der Waals surface area contributed by atoms with Gasteiger partial charge in [-0.15, -0.1) is 0 Å². The Labute approximate surface area is 132 Å². The molecule has 108 valence electrons. The maximum absolute atomic E-state index is 11.9. The lowest BCUT2D eigenvalue weighted by Crippen LogP contribution is -2.17. The van der Waals surface area contributed by atoms with Gasteiger partial charge in [0.25, 0.3) is 5.91 Å². The summed E-state index contributed by atoms with van der Waals surface area (Å²) >= 11 is 12.0. The molecule has 4 nitrogen and oxygen atoms in total. The second-order valence-electron chi connectivity index (χ2n) is 4.07. The molecule has 0 aromatic heterocycles. The minimum absolute atomic E-state index is 0.353. The summed E-state index contributed by atoms with van der Waals surface area (Å²) in [6, 6.07) is 11.9. The highest BCUT2D eigenvalue weighted by atomic mass is 35.5. The lowest BCUT2D eigenvalue weighted by atomic mass is 10.2. The Balaban J connectivity index is 2.08. The number of hydrogen-bond acceptors (Lipinski definition) is 3. The van der Waals surface area contributed by atoms with Crippen molar-refractivity contribution in [3.63, 3.8) is 0 Å². The van der Waals surface area contributed by atoms with Gasteiger partial charge in [0, 0.05) is 11.1 Å². The highest BCUT2D eigenvalue weighted by Crippen LogP contribution is 2.22. The molecule has 0 unspecified atom stereocenters. The molecule has 0 heterocycles. The number of halogens is 2. The molecule has 2 rings (SSSR count). The number of amides is 1. The molecule has 0 spiro atoms. The molecule has 0 saturated heterocycles. The van der Waals surface area contributed by atoms with Gasteiger partial charge in [-0.25, -0.2) is 5.43 Å². The van der Waals surface area contributed by atoms with E-state index in [9.17, 15) is 4.79 Å². The van der Waals surface area contributed by atoms with Gasteiger partial charge in [-0.05, 0) is 30.3 Å². The SMILES string of the molecule is COc1cccc(C(=O)NN=Cc2c(Cl)cccc2Cl)c1. The van der Waals surface area contributed by atoms with Crippen LogP contribution in [0.1, 0.15) is 15.9 Å². The molecule has 0 aliphatic heterocycles. The van der Waals surface area contributed by atoms with Crippen LogP contribution in [0.3, 0.4) is 0 Å². The predicted molar refractivity (Wildman–Crippen MR) is 84.5 cm³/mol. The Bertz CT molecular complexity index is 667. The Hall–Kier alpha value is -2.04. The van der Waals surface area contributed by atoms with E-state index in [0.717, 1.165) is 0 Å². The number of nitrogens with zero attached hydrogens (tertiary/aromatic N) is 1. The Morgan fingerprint density at radius 2 is 1.86 bits per heavy atom. The largest absolute Gasteiger partial charge is 0.497 e. The second-order valence-corrected chi connectivity index (χ2v) is 4.88. The Morgan fingerprint density at radius 1 is 1.19 bits per heavy atom. The fraction of sp³-hybridized carbons (Fsp3) is 0.0667. The van der Waals surface area contributed by atoms with Crippen LogP contribution in [0, 0.1) is 0 Å². The minimum atomic E-state index is -0.353. The van der Waals surface area contributed by atoms with Gasteiger partial charge in [0.2, 0.25) is 0 Å². The molecule has 2 aromatic carbocycles. The van der Waals surface area contributed by atoms with Crippen molar-refractivity contribution >= 4 is 35.3 Å². The number of hydrazone groups is 1. The van der Waals surface area contributed by atoms with Crippen molar-refractivity contribution in [1.29, 1.82) is 0 Å². The van der Waals surface area contributed by atoms with Crippen LogP contribution >= 0.6 is 23.2 Å². The van der Waals surface area contributed by atoms with Crippen molar-refractivity contribution in [1.82, 2.24) is 5.43 Å². The van der Waals surface area contributed by atoms with Crippen molar-refractivity contribution in [3.8, 4) is 5.75 Å². The van der Waals surface area contributed by atoms with Crippen LogP contribution < -0.4 is 10.2 Å². The monoisotopic (exact) mass is 322 g/mol. The van der Waals surface area contributed by atoms with E-state index in [2.05, 4.69) is 10.5 Å². The van der Waals surface area contributed by atoms with Crippen molar-refractivity contribution in [2.75, 3.05) is 7.11 Å². The quantitative estimate of drug-likeness (QED) is 0.688.